The second-order valence-corrected chi connectivity index (χ2v) is 6.38. The molecule has 2 N–H and O–H groups in total. The molecule has 0 unspecified atom stereocenters. The van der Waals surface area contributed by atoms with Crippen molar-refractivity contribution in [3.8, 4) is 0 Å². The van der Waals surface area contributed by atoms with Gasteiger partial charge in [-0.2, -0.15) is 0 Å². The lowest BCUT2D eigenvalue weighted by molar-refractivity contribution is -0.143. The van der Waals surface area contributed by atoms with Crippen molar-refractivity contribution in [3.05, 3.63) is 45.1 Å². The van der Waals surface area contributed by atoms with E-state index in [9.17, 15) is 4.79 Å². The SMILES string of the molecule is CC1=C(C(=O)OC(C)C)[C@H](c2c(Cl)cccc2Cl)NC(=S)N1. The zero-order chi connectivity index (χ0) is 16.4. The number of hydrogen-bond acceptors (Lipinski definition) is 3. The molecule has 0 saturated heterocycles. The van der Waals surface area contributed by atoms with Crippen LogP contribution in [-0.2, 0) is 9.53 Å². The highest BCUT2D eigenvalue weighted by Crippen LogP contribution is 2.36. The lowest BCUT2D eigenvalue weighted by Crippen LogP contribution is -2.45. The minimum Gasteiger partial charge on any atom is -0.459 e. The number of thiocarbonyl (C=S) groups is 1. The molecule has 0 amide bonds. The zero-order valence-corrected chi connectivity index (χ0v) is 14.7. The van der Waals surface area contributed by atoms with Crippen LogP contribution in [0.25, 0.3) is 0 Å². The van der Waals surface area contributed by atoms with Gasteiger partial charge in [0.1, 0.15) is 0 Å². The van der Waals surface area contributed by atoms with Crippen LogP contribution in [-0.4, -0.2) is 17.2 Å². The Bertz CT molecular complexity index is 639. The summed E-state index contributed by atoms with van der Waals surface area (Å²) in [5.74, 6) is -0.434. The third kappa shape index (κ3) is 3.54. The third-order valence-electron chi connectivity index (χ3n) is 3.12. The maximum atomic E-state index is 12.4. The molecule has 118 valence electrons. The van der Waals surface area contributed by atoms with Gasteiger partial charge >= 0.3 is 5.97 Å². The van der Waals surface area contributed by atoms with E-state index >= 15 is 0 Å². The molecular weight excluding hydrogens is 343 g/mol. The van der Waals surface area contributed by atoms with E-state index in [-0.39, 0.29) is 6.10 Å². The summed E-state index contributed by atoms with van der Waals surface area (Å²) in [4.78, 5) is 12.4. The quantitative estimate of drug-likeness (QED) is 0.636. The Morgan fingerprint density at radius 3 is 2.45 bits per heavy atom. The molecule has 1 atom stereocenters. The molecule has 0 bridgehead atoms. The molecule has 1 heterocycles. The predicted molar refractivity (Wildman–Crippen MR) is 92.0 cm³/mol. The maximum Gasteiger partial charge on any atom is 0.338 e. The lowest BCUT2D eigenvalue weighted by Gasteiger charge is -2.31. The first-order valence-electron chi connectivity index (χ1n) is 6.74. The van der Waals surface area contributed by atoms with Gasteiger partial charge in [0.15, 0.2) is 5.11 Å². The van der Waals surface area contributed by atoms with Gasteiger partial charge in [-0.15, -0.1) is 0 Å². The Morgan fingerprint density at radius 1 is 1.32 bits per heavy atom. The largest absolute Gasteiger partial charge is 0.459 e. The van der Waals surface area contributed by atoms with Crippen LogP contribution in [0.3, 0.4) is 0 Å². The molecule has 0 aliphatic carbocycles. The van der Waals surface area contributed by atoms with E-state index in [1.54, 1.807) is 39.0 Å². The summed E-state index contributed by atoms with van der Waals surface area (Å²) in [6.45, 7) is 5.35. The number of carbonyl (C=O) groups excluding carboxylic acids is 1. The first-order valence-corrected chi connectivity index (χ1v) is 7.90. The minimum absolute atomic E-state index is 0.232. The molecule has 1 aromatic carbocycles. The smallest absolute Gasteiger partial charge is 0.338 e. The fourth-order valence-electron chi connectivity index (χ4n) is 2.24. The van der Waals surface area contributed by atoms with Gasteiger partial charge in [-0.25, -0.2) is 4.79 Å². The number of esters is 1. The first kappa shape index (κ1) is 17.1. The molecule has 0 fully saturated rings. The van der Waals surface area contributed by atoms with Gasteiger partial charge in [-0.3, -0.25) is 0 Å². The molecule has 0 radical (unpaired) electrons. The molecule has 0 spiro atoms. The predicted octanol–water partition coefficient (Wildman–Crippen LogP) is 3.74. The molecule has 2 rings (SSSR count). The number of carbonyl (C=O) groups is 1. The van der Waals surface area contributed by atoms with Crippen molar-refractivity contribution in [2.45, 2.75) is 32.9 Å². The van der Waals surface area contributed by atoms with Crippen molar-refractivity contribution in [1.29, 1.82) is 0 Å². The van der Waals surface area contributed by atoms with Gasteiger partial charge < -0.3 is 15.4 Å². The fourth-order valence-corrected chi connectivity index (χ4v) is 3.13. The van der Waals surface area contributed by atoms with Gasteiger partial charge in [0, 0.05) is 21.3 Å². The Kier molecular flexibility index (Phi) is 5.32. The van der Waals surface area contributed by atoms with Crippen LogP contribution in [0.15, 0.2) is 29.5 Å². The molecule has 1 aliphatic rings. The molecule has 0 saturated carbocycles. The normalized spacial score (nSPS) is 18.1. The summed E-state index contributed by atoms with van der Waals surface area (Å²) in [6, 6.07) is 4.63. The second kappa shape index (κ2) is 6.86. The molecule has 7 heteroatoms. The van der Waals surface area contributed by atoms with Gasteiger partial charge in [-0.1, -0.05) is 29.3 Å². The molecule has 0 aromatic heterocycles. The van der Waals surface area contributed by atoms with Crippen LogP contribution < -0.4 is 10.6 Å². The van der Waals surface area contributed by atoms with Crippen molar-refractivity contribution in [2.24, 2.45) is 0 Å². The van der Waals surface area contributed by atoms with E-state index in [1.165, 1.54) is 0 Å². The van der Waals surface area contributed by atoms with E-state index in [1.807, 2.05) is 0 Å². The Balaban J connectivity index is 2.53. The van der Waals surface area contributed by atoms with Crippen LogP contribution in [0.4, 0.5) is 0 Å². The molecular formula is C15H16Cl2N2O2S. The molecule has 4 nitrogen and oxygen atoms in total. The van der Waals surface area contributed by atoms with E-state index in [4.69, 9.17) is 40.2 Å². The van der Waals surface area contributed by atoms with Gasteiger partial charge in [0.25, 0.3) is 0 Å². The highest BCUT2D eigenvalue weighted by Gasteiger charge is 2.33. The summed E-state index contributed by atoms with van der Waals surface area (Å²) < 4.78 is 5.32. The van der Waals surface area contributed by atoms with Crippen LogP contribution in [0, 0.1) is 0 Å². The first-order chi connectivity index (χ1) is 10.3. The van der Waals surface area contributed by atoms with Crippen molar-refractivity contribution in [2.75, 3.05) is 0 Å². The molecule has 1 aromatic rings. The van der Waals surface area contributed by atoms with Crippen LogP contribution in [0.5, 0.6) is 0 Å². The fraction of sp³-hybridized carbons (Fsp3) is 0.333. The summed E-state index contributed by atoms with van der Waals surface area (Å²) in [5, 5.41) is 7.29. The molecule has 1 aliphatic heterocycles. The Labute approximate surface area is 144 Å². The van der Waals surface area contributed by atoms with E-state index in [0.29, 0.717) is 32.0 Å². The third-order valence-corrected chi connectivity index (χ3v) is 4.00. The summed E-state index contributed by atoms with van der Waals surface area (Å²) >= 11 is 17.7. The average molecular weight is 359 g/mol. The van der Waals surface area contributed by atoms with Crippen molar-refractivity contribution >= 4 is 46.5 Å². The van der Waals surface area contributed by atoms with Crippen LogP contribution in [0.1, 0.15) is 32.4 Å². The minimum atomic E-state index is -0.554. The number of hydrogen-bond donors (Lipinski definition) is 2. The lowest BCUT2D eigenvalue weighted by atomic mass is 9.95. The van der Waals surface area contributed by atoms with Crippen molar-refractivity contribution in [1.82, 2.24) is 10.6 Å². The van der Waals surface area contributed by atoms with E-state index in [2.05, 4.69) is 10.6 Å². The maximum absolute atomic E-state index is 12.4. The second-order valence-electron chi connectivity index (χ2n) is 5.16. The van der Waals surface area contributed by atoms with Crippen LogP contribution >= 0.6 is 35.4 Å². The van der Waals surface area contributed by atoms with Crippen molar-refractivity contribution < 1.29 is 9.53 Å². The summed E-state index contributed by atoms with van der Waals surface area (Å²) in [6.07, 6.45) is -0.232. The summed E-state index contributed by atoms with van der Waals surface area (Å²) in [5.41, 5.74) is 1.64. The zero-order valence-electron chi connectivity index (χ0n) is 12.4. The van der Waals surface area contributed by atoms with E-state index < -0.39 is 12.0 Å². The Morgan fingerprint density at radius 2 is 1.91 bits per heavy atom. The number of nitrogens with one attached hydrogen (secondary N) is 2. The highest BCUT2D eigenvalue weighted by atomic mass is 35.5. The topological polar surface area (TPSA) is 50.4 Å². The monoisotopic (exact) mass is 358 g/mol. The van der Waals surface area contributed by atoms with Gasteiger partial charge in [0.2, 0.25) is 0 Å². The Hall–Kier alpha value is -1.30. The molecule has 22 heavy (non-hydrogen) atoms. The number of halogens is 2. The van der Waals surface area contributed by atoms with Crippen molar-refractivity contribution in [3.63, 3.8) is 0 Å². The number of benzene rings is 1. The van der Waals surface area contributed by atoms with E-state index in [0.717, 1.165) is 0 Å². The highest BCUT2D eigenvalue weighted by molar-refractivity contribution is 7.80. The number of allylic oxidation sites excluding steroid dienone is 1. The average Bonchev–Trinajstić information content (AvgIpc) is 2.36. The standard InChI is InChI=1S/C15H16Cl2N2O2S/c1-7(2)21-14(20)11-8(3)18-15(22)19-13(11)12-9(16)5-4-6-10(12)17/h4-7,13H,1-3H3,(H2,18,19,22)/t13-/m1/s1. The van der Waals surface area contributed by atoms with Gasteiger partial charge in [-0.05, 0) is 45.1 Å². The summed E-state index contributed by atoms with van der Waals surface area (Å²) in [7, 11) is 0. The number of ether oxygens (including phenoxy) is 1. The number of rotatable bonds is 3. The van der Waals surface area contributed by atoms with Crippen LogP contribution in [0.2, 0.25) is 10.0 Å². The van der Waals surface area contributed by atoms with Gasteiger partial charge in [0.05, 0.1) is 17.7 Å².